The van der Waals surface area contributed by atoms with Crippen molar-refractivity contribution in [1.29, 1.82) is 0 Å². The Balaban J connectivity index is 1.53. The van der Waals surface area contributed by atoms with Crippen molar-refractivity contribution < 1.29 is 14.3 Å². The maximum Gasteiger partial charge on any atom is 0.302 e. The normalized spacial score (nSPS) is 19.0. The standard InChI is InChI=1S/C16H21N3O3S/c17-13-7-5-12(6-8-13)9-19-16(20)23-10-15(18-19)22-11-21-14-3-1-2-4-14/h5-8,14H,1-4,9-11,17H2. The lowest BCUT2D eigenvalue weighted by Crippen LogP contribution is -2.30. The Morgan fingerprint density at radius 1 is 1.26 bits per heavy atom. The van der Waals surface area contributed by atoms with Crippen LogP contribution >= 0.6 is 11.8 Å². The van der Waals surface area contributed by atoms with Gasteiger partial charge in [0, 0.05) is 5.69 Å². The molecule has 0 saturated heterocycles. The second-order valence-corrected chi connectivity index (χ2v) is 6.61. The lowest BCUT2D eigenvalue weighted by atomic mass is 10.2. The van der Waals surface area contributed by atoms with Gasteiger partial charge in [-0.05, 0) is 30.5 Å². The maximum absolute atomic E-state index is 12.0. The highest BCUT2D eigenvalue weighted by Gasteiger charge is 2.23. The van der Waals surface area contributed by atoms with Crippen molar-refractivity contribution in [1.82, 2.24) is 5.01 Å². The van der Waals surface area contributed by atoms with Crippen LogP contribution < -0.4 is 5.73 Å². The monoisotopic (exact) mass is 335 g/mol. The third kappa shape index (κ3) is 4.62. The highest BCUT2D eigenvalue weighted by Crippen LogP contribution is 2.22. The number of hydrogen-bond acceptors (Lipinski definition) is 6. The summed E-state index contributed by atoms with van der Waals surface area (Å²) in [6.45, 7) is 0.608. The number of carbonyl (C=O) groups is 1. The quantitative estimate of drug-likeness (QED) is 0.660. The minimum absolute atomic E-state index is 0.0779. The van der Waals surface area contributed by atoms with Gasteiger partial charge < -0.3 is 15.2 Å². The predicted octanol–water partition coefficient (Wildman–Crippen LogP) is 3.18. The highest BCUT2D eigenvalue weighted by molar-refractivity contribution is 8.14. The molecule has 0 atom stereocenters. The van der Waals surface area contributed by atoms with Gasteiger partial charge in [0.25, 0.3) is 0 Å². The van der Waals surface area contributed by atoms with Crippen molar-refractivity contribution in [3.8, 4) is 0 Å². The van der Waals surface area contributed by atoms with E-state index in [9.17, 15) is 4.79 Å². The second kappa shape index (κ2) is 7.70. The van der Waals surface area contributed by atoms with Crippen LogP contribution in [0.2, 0.25) is 0 Å². The Kier molecular flexibility index (Phi) is 5.40. The summed E-state index contributed by atoms with van der Waals surface area (Å²) >= 11 is 1.19. The van der Waals surface area contributed by atoms with Crippen molar-refractivity contribution in [2.24, 2.45) is 5.10 Å². The third-order valence-corrected chi connectivity index (χ3v) is 4.75. The van der Waals surface area contributed by atoms with Crippen molar-refractivity contribution in [3.63, 3.8) is 0 Å². The first-order chi connectivity index (χ1) is 11.2. The van der Waals surface area contributed by atoms with Crippen LogP contribution in [-0.4, -0.2) is 34.8 Å². The maximum atomic E-state index is 12.0. The predicted molar refractivity (Wildman–Crippen MR) is 91.0 cm³/mol. The summed E-state index contributed by atoms with van der Waals surface area (Å²) in [6.07, 6.45) is 4.97. The number of amides is 1. The zero-order valence-corrected chi connectivity index (χ0v) is 13.8. The molecule has 7 heteroatoms. The average Bonchev–Trinajstić information content (AvgIpc) is 3.06. The number of thioether (sulfide) groups is 1. The fourth-order valence-electron chi connectivity index (χ4n) is 2.62. The van der Waals surface area contributed by atoms with Crippen LogP contribution in [-0.2, 0) is 16.0 Å². The molecule has 0 aromatic heterocycles. The Labute approximate surface area is 140 Å². The van der Waals surface area contributed by atoms with Gasteiger partial charge in [-0.15, -0.1) is 5.10 Å². The summed E-state index contributed by atoms with van der Waals surface area (Å²) in [5.74, 6) is 0.980. The summed E-state index contributed by atoms with van der Waals surface area (Å²) in [7, 11) is 0. The van der Waals surface area contributed by atoms with Crippen molar-refractivity contribution >= 4 is 28.6 Å². The topological polar surface area (TPSA) is 77.2 Å². The number of benzene rings is 1. The van der Waals surface area contributed by atoms with Crippen LogP contribution in [0.15, 0.2) is 29.4 Å². The highest BCUT2D eigenvalue weighted by atomic mass is 32.2. The van der Waals surface area contributed by atoms with E-state index in [4.69, 9.17) is 15.2 Å². The van der Waals surface area contributed by atoms with Gasteiger partial charge in [-0.25, -0.2) is 5.01 Å². The van der Waals surface area contributed by atoms with E-state index in [2.05, 4.69) is 5.10 Å². The van der Waals surface area contributed by atoms with E-state index in [1.54, 1.807) is 0 Å². The van der Waals surface area contributed by atoms with Crippen molar-refractivity contribution in [2.75, 3.05) is 18.3 Å². The number of nitrogen functional groups attached to an aromatic ring is 1. The summed E-state index contributed by atoms with van der Waals surface area (Å²) in [6, 6.07) is 7.41. The lowest BCUT2D eigenvalue weighted by molar-refractivity contribution is -0.0398. The Morgan fingerprint density at radius 2 is 2.00 bits per heavy atom. The van der Waals surface area contributed by atoms with Gasteiger partial charge in [-0.2, -0.15) is 0 Å². The number of anilines is 1. The van der Waals surface area contributed by atoms with Gasteiger partial charge in [-0.3, -0.25) is 4.79 Å². The minimum atomic E-state index is -0.0779. The van der Waals surface area contributed by atoms with E-state index in [0.717, 1.165) is 18.4 Å². The molecule has 2 N–H and O–H groups in total. The van der Waals surface area contributed by atoms with Gasteiger partial charge in [0.15, 0.2) is 6.79 Å². The van der Waals surface area contributed by atoms with Crippen LogP contribution in [0, 0.1) is 0 Å². The summed E-state index contributed by atoms with van der Waals surface area (Å²) in [5.41, 5.74) is 7.34. The summed E-state index contributed by atoms with van der Waals surface area (Å²) in [4.78, 5) is 12.0. The first-order valence-corrected chi connectivity index (χ1v) is 8.80. The molecule has 124 valence electrons. The molecule has 1 heterocycles. The van der Waals surface area contributed by atoms with E-state index < -0.39 is 0 Å². The number of nitrogens with two attached hydrogens (primary N) is 1. The lowest BCUT2D eigenvalue weighted by Gasteiger charge is -2.23. The minimum Gasteiger partial charge on any atom is -0.452 e. The smallest absolute Gasteiger partial charge is 0.302 e. The first kappa shape index (κ1) is 16.1. The molecule has 1 fully saturated rings. The summed E-state index contributed by atoms with van der Waals surface area (Å²) in [5, 5.41) is 5.63. The Hall–Kier alpha value is -1.73. The number of ether oxygens (including phenoxy) is 2. The number of carbonyl (C=O) groups excluding carboxylic acids is 1. The number of rotatable bonds is 5. The van der Waals surface area contributed by atoms with Gasteiger partial charge in [0.2, 0.25) is 5.90 Å². The van der Waals surface area contributed by atoms with E-state index in [0.29, 0.717) is 30.0 Å². The molecule has 1 aliphatic carbocycles. The van der Waals surface area contributed by atoms with Crippen LogP contribution in [0.4, 0.5) is 10.5 Å². The first-order valence-electron chi connectivity index (χ1n) is 7.81. The number of hydrazone groups is 1. The molecule has 1 aliphatic heterocycles. The fraction of sp³-hybridized carbons (Fsp3) is 0.500. The van der Waals surface area contributed by atoms with Gasteiger partial charge in [-0.1, -0.05) is 36.7 Å². The van der Waals surface area contributed by atoms with Crippen LogP contribution in [0.25, 0.3) is 0 Å². The van der Waals surface area contributed by atoms with Gasteiger partial charge >= 0.3 is 5.24 Å². The molecule has 1 aromatic carbocycles. The van der Waals surface area contributed by atoms with Gasteiger partial charge in [0.05, 0.1) is 18.4 Å². The van der Waals surface area contributed by atoms with Crippen LogP contribution in [0.1, 0.15) is 31.2 Å². The van der Waals surface area contributed by atoms with Crippen LogP contribution in [0.3, 0.4) is 0 Å². The number of hydrogen-bond donors (Lipinski definition) is 1. The molecule has 1 aromatic rings. The van der Waals surface area contributed by atoms with Crippen molar-refractivity contribution in [2.45, 2.75) is 38.3 Å². The van der Waals surface area contributed by atoms with Crippen LogP contribution in [0.5, 0.6) is 0 Å². The largest absolute Gasteiger partial charge is 0.452 e. The molecular weight excluding hydrogens is 314 g/mol. The average molecular weight is 335 g/mol. The molecular formula is C16H21N3O3S. The van der Waals surface area contributed by atoms with E-state index in [1.165, 1.54) is 29.6 Å². The molecule has 0 unspecified atom stereocenters. The molecule has 2 aliphatic rings. The Morgan fingerprint density at radius 3 is 2.74 bits per heavy atom. The molecule has 1 saturated carbocycles. The molecule has 1 amide bonds. The molecule has 0 bridgehead atoms. The number of nitrogens with zero attached hydrogens (tertiary/aromatic N) is 2. The zero-order valence-electron chi connectivity index (χ0n) is 12.9. The van der Waals surface area contributed by atoms with E-state index in [-0.39, 0.29) is 12.0 Å². The summed E-state index contributed by atoms with van der Waals surface area (Å²) < 4.78 is 11.2. The van der Waals surface area contributed by atoms with Gasteiger partial charge in [0.1, 0.15) is 0 Å². The fourth-order valence-corrected chi connectivity index (χ4v) is 3.26. The SMILES string of the molecule is Nc1ccc(CN2N=C(OCOC3CCCC3)CSC2=O)cc1. The Bertz CT molecular complexity index is 570. The second-order valence-electron chi connectivity index (χ2n) is 5.68. The van der Waals surface area contributed by atoms with Crippen molar-refractivity contribution in [3.05, 3.63) is 29.8 Å². The third-order valence-electron chi connectivity index (χ3n) is 3.91. The molecule has 23 heavy (non-hydrogen) atoms. The zero-order chi connectivity index (χ0) is 16.1. The van der Waals surface area contributed by atoms with E-state index in [1.807, 2.05) is 24.3 Å². The molecule has 0 spiro atoms. The van der Waals surface area contributed by atoms with E-state index >= 15 is 0 Å². The molecule has 0 radical (unpaired) electrons. The molecule has 6 nitrogen and oxygen atoms in total. The molecule has 3 rings (SSSR count).